The SMILES string of the molecule is CCOc1ccc(OCC)c(NC(N)=NCC2CCN(Cc3csc(C)n3)CC2)c1.I. The number of halogens is 1. The Hall–Kier alpha value is -1.59. The van der Waals surface area contributed by atoms with E-state index in [4.69, 9.17) is 15.2 Å². The summed E-state index contributed by atoms with van der Waals surface area (Å²) in [5.74, 6) is 2.48. The zero-order chi connectivity index (χ0) is 21.3. The Morgan fingerprint density at radius 2 is 2.00 bits per heavy atom. The highest BCUT2D eigenvalue weighted by atomic mass is 127. The molecule has 1 aliphatic heterocycles. The second-order valence-electron chi connectivity index (χ2n) is 7.45. The van der Waals surface area contributed by atoms with Crippen LogP contribution in [0.1, 0.15) is 37.4 Å². The molecule has 1 fully saturated rings. The molecule has 2 aromatic rings. The number of rotatable bonds is 9. The molecule has 0 radical (unpaired) electrons. The number of nitrogens with two attached hydrogens (primary N) is 1. The number of piperidine rings is 1. The summed E-state index contributed by atoms with van der Waals surface area (Å²) < 4.78 is 11.3. The van der Waals surface area contributed by atoms with Crippen LogP contribution in [0.5, 0.6) is 11.5 Å². The summed E-state index contributed by atoms with van der Waals surface area (Å²) in [5, 5.41) is 6.48. The quantitative estimate of drug-likeness (QED) is 0.267. The number of anilines is 1. The number of likely N-dealkylation sites (tertiary alicyclic amines) is 1. The summed E-state index contributed by atoms with van der Waals surface area (Å²) in [5.41, 5.74) is 8.13. The maximum Gasteiger partial charge on any atom is 0.193 e. The zero-order valence-corrected chi connectivity index (χ0v) is 21.7. The van der Waals surface area contributed by atoms with Crippen molar-refractivity contribution in [3.63, 3.8) is 0 Å². The number of guanidine groups is 1. The molecular formula is C22H34IN5O2S. The summed E-state index contributed by atoms with van der Waals surface area (Å²) >= 11 is 1.72. The van der Waals surface area contributed by atoms with Crippen LogP contribution >= 0.6 is 35.3 Å². The van der Waals surface area contributed by atoms with Gasteiger partial charge in [-0.3, -0.25) is 9.89 Å². The summed E-state index contributed by atoms with van der Waals surface area (Å²) in [6.45, 7) is 11.0. The van der Waals surface area contributed by atoms with Gasteiger partial charge in [0, 0.05) is 24.5 Å². The summed E-state index contributed by atoms with van der Waals surface area (Å²) in [6.07, 6.45) is 2.26. The molecule has 3 rings (SSSR count). The fourth-order valence-corrected chi connectivity index (χ4v) is 4.19. The van der Waals surface area contributed by atoms with Gasteiger partial charge in [-0.25, -0.2) is 4.98 Å². The van der Waals surface area contributed by atoms with Gasteiger partial charge >= 0.3 is 0 Å². The number of thiazole rings is 1. The first-order valence-corrected chi connectivity index (χ1v) is 11.5. The minimum absolute atomic E-state index is 0. The third-order valence-corrected chi connectivity index (χ3v) is 5.93. The molecule has 0 saturated carbocycles. The average molecular weight is 560 g/mol. The summed E-state index contributed by atoms with van der Waals surface area (Å²) in [6, 6.07) is 5.69. The Morgan fingerprint density at radius 3 is 2.65 bits per heavy atom. The Kier molecular flexibility index (Phi) is 10.8. The molecule has 0 atom stereocenters. The van der Waals surface area contributed by atoms with Crippen LogP contribution in [0.15, 0.2) is 28.6 Å². The molecule has 9 heteroatoms. The minimum atomic E-state index is 0. The number of hydrogen-bond donors (Lipinski definition) is 2. The number of hydrogen-bond acceptors (Lipinski definition) is 6. The van der Waals surface area contributed by atoms with Crippen molar-refractivity contribution in [2.45, 2.75) is 40.2 Å². The van der Waals surface area contributed by atoms with Crippen LogP contribution < -0.4 is 20.5 Å². The first-order chi connectivity index (χ1) is 14.6. The number of benzene rings is 1. The predicted molar refractivity (Wildman–Crippen MR) is 139 cm³/mol. The molecule has 0 aliphatic carbocycles. The highest BCUT2D eigenvalue weighted by molar-refractivity contribution is 14.0. The number of nitrogens with zero attached hydrogens (tertiary/aromatic N) is 3. The Bertz CT molecular complexity index is 837. The predicted octanol–water partition coefficient (Wildman–Crippen LogP) is 4.51. The van der Waals surface area contributed by atoms with Gasteiger partial charge in [-0.15, -0.1) is 35.3 Å². The van der Waals surface area contributed by atoms with E-state index >= 15 is 0 Å². The topological polar surface area (TPSA) is 85.0 Å². The van der Waals surface area contributed by atoms with E-state index in [0.29, 0.717) is 25.1 Å². The largest absolute Gasteiger partial charge is 0.494 e. The molecule has 1 saturated heterocycles. The van der Waals surface area contributed by atoms with Gasteiger partial charge in [0.05, 0.1) is 29.6 Å². The first-order valence-electron chi connectivity index (χ1n) is 10.7. The second kappa shape index (κ2) is 13.1. The molecule has 7 nitrogen and oxygen atoms in total. The molecule has 31 heavy (non-hydrogen) atoms. The van der Waals surface area contributed by atoms with E-state index in [1.165, 1.54) is 5.69 Å². The van der Waals surface area contributed by atoms with Crippen molar-refractivity contribution in [2.75, 3.05) is 38.2 Å². The van der Waals surface area contributed by atoms with Gasteiger partial charge in [-0.2, -0.15) is 0 Å². The molecule has 1 aromatic heterocycles. The van der Waals surface area contributed by atoms with Gasteiger partial charge < -0.3 is 20.5 Å². The number of aliphatic imine (C=N–C) groups is 1. The van der Waals surface area contributed by atoms with Crippen molar-refractivity contribution in [1.82, 2.24) is 9.88 Å². The number of ether oxygens (including phenoxy) is 2. The standard InChI is InChI=1S/C22H33N5O2S.HI/c1-4-28-19-6-7-21(29-5-2)20(12-19)26-22(23)24-13-17-8-10-27(11-9-17)14-18-15-30-16(3)25-18;/h6-7,12,15,17H,4-5,8-11,13-14H2,1-3H3,(H3,23,24,26);1H. The Labute approximate surface area is 206 Å². The van der Waals surface area contributed by atoms with Crippen LogP contribution in [0.2, 0.25) is 0 Å². The second-order valence-corrected chi connectivity index (χ2v) is 8.51. The van der Waals surface area contributed by atoms with Crippen molar-refractivity contribution < 1.29 is 9.47 Å². The van der Waals surface area contributed by atoms with Crippen molar-refractivity contribution >= 4 is 47.0 Å². The molecule has 0 unspecified atom stereocenters. The fraction of sp³-hybridized carbons (Fsp3) is 0.545. The molecule has 1 aliphatic rings. The van der Waals surface area contributed by atoms with Gasteiger partial charge in [0.2, 0.25) is 0 Å². The van der Waals surface area contributed by atoms with E-state index in [-0.39, 0.29) is 24.0 Å². The lowest BCUT2D eigenvalue weighted by Gasteiger charge is -2.30. The molecule has 0 spiro atoms. The number of nitrogens with one attached hydrogen (secondary N) is 1. The Morgan fingerprint density at radius 1 is 1.26 bits per heavy atom. The van der Waals surface area contributed by atoms with Crippen LogP contribution in [-0.4, -0.2) is 48.7 Å². The maximum atomic E-state index is 6.17. The van der Waals surface area contributed by atoms with Gasteiger partial charge in [-0.05, 0) is 64.8 Å². The van der Waals surface area contributed by atoms with E-state index in [2.05, 4.69) is 32.5 Å². The fourth-order valence-electron chi connectivity index (χ4n) is 3.59. The zero-order valence-electron chi connectivity index (χ0n) is 18.6. The highest BCUT2D eigenvalue weighted by Gasteiger charge is 2.19. The maximum absolute atomic E-state index is 6.17. The molecule has 2 heterocycles. The van der Waals surface area contributed by atoms with Crippen LogP contribution in [0.4, 0.5) is 5.69 Å². The average Bonchev–Trinajstić information content (AvgIpc) is 3.14. The number of aryl methyl sites for hydroxylation is 1. The van der Waals surface area contributed by atoms with Crippen LogP contribution in [-0.2, 0) is 6.54 Å². The molecular weight excluding hydrogens is 525 g/mol. The van der Waals surface area contributed by atoms with E-state index < -0.39 is 0 Å². The Balaban J connectivity index is 0.00000341. The van der Waals surface area contributed by atoms with Crippen molar-refractivity contribution in [1.29, 1.82) is 0 Å². The van der Waals surface area contributed by atoms with Crippen molar-refractivity contribution in [3.05, 3.63) is 34.3 Å². The normalized spacial score (nSPS) is 15.4. The minimum Gasteiger partial charge on any atom is -0.494 e. The molecule has 3 N–H and O–H groups in total. The summed E-state index contributed by atoms with van der Waals surface area (Å²) in [7, 11) is 0. The van der Waals surface area contributed by atoms with Crippen LogP contribution in [0.25, 0.3) is 0 Å². The lowest BCUT2D eigenvalue weighted by molar-refractivity contribution is 0.179. The monoisotopic (exact) mass is 559 g/mol. The number of aromatic nitrogens is 1. The molecule has 172 valence electrons. The van der Waals surface area contributed by atoms with Gasteiger partial charge in [0.1, 0.15) is 11.5 Å². The van der Waals surface area contributed by atoms with E-state index in [0.717, 1.165) is 61.2 Å². The molecule has 0 bridgehead atoms. The first kappa shape index (κ1) is 25.7. The van der Waals surface area contributed by atoms with Crippen molar-refractivity contribution in [3.8, 4) is 11.5 Å². The van der Waals surface area contributed by atoms with E-state index in [9.17, 15) is 0 Å². The van der Waals surface area contributed by atoms with Gasteiger partial charge in [-0.1, -0.05) is 0 Å². The lowest BCUT2D eigenvalue weighted by Crippen LogP contribution is -2.34. The van der Waals surface area contributed by atoms with Crippen molar-refractivity contribution in [2.24, 2.45) is 16.6 Å². The van der Waals surface area contributed by atoms with Gasteiger partial charge in [0.25, 0.3) is 0 Å². The summed E-state index contributed by atoms with van der Waals surface area (Å²) in [4.78, 5) is 11.6. The smallest absolute Gasteiger partial charge is 0.193 e. The van der Waals surface area contributed by atoms with E-state index in [1.807, 2.05) is 32.0 Å². The van der Waals surface area contributed by atoms with Gasteiger partial charge in [0.15, 0.2) is 5.96 Å². The van der Waals surface area contributed by atoms with Crippen LogP contribution in [0, 0.1) is 12.8 Å². The molecule has 0 amide bonds. The van der Waals surface area contributed by atoms with E-state index in [1.54, 1.807) is 11.3 Å². The third-order valence-electron chi connectivity index (χ3n) is 5.10. The lowest BCUT2D eigenvalue weighted by atomic mass is 9.97. The molecule has 1 aromatic carbocycles. The third kappa shape index (κ3) is 8.12. The highest BCUT2D eigenvalue weighted by Crippen LogP contribution is 2.29. The van der Waals surface area contributed by atoms with Crippen LogP contribution in [0.3, 0.4) is 0 Å².